The van der Waals surface area contributed by atoms with Gasteiger partial charge in [-0.1, -0.05) is 6.07 Å². The van der Waals surface area contributed by atoms with Gasteiger partial charge in [0, 0.05) is 19.7 Å². The molecule has 0 spiro atoms. The molecule has 1 aliphatic heterocycles. The minimum Gasteiger partial charge on any atom is -0.379 e. The number of carbonyl (C=O) groups is 2. The fourth-order valence-corrected chi connectivity index (χ4v) is 2.18. The van der Waals surface area contributed by atoms with Crippen molar-refractivity contribution in [2.75, 3.05) is 19.8 Å². The van der Waals surface area contributed by atoms with Crippen LogP contribution in [-0.4, -0.2) is 48.7 Å². The van der Waals surface area contributed by atoms with Crippen molar-refractivity contribution < 1.29 is 19.1 Å². The van der Waals surface area contributed by atoms with E-state index in [-0.39, 0.29) is 30.5 Å². The van der Waals surface area contributed by atoms with Crippen molar-refractivity contribution in [3.8, 4) is 0 Å². The van der Waals surface area contributed by atoms with Gasteiger partial charge in [-0.3, -0.25) is 14.6 Å². The van der Waals surface area contributed by atoms with Gasteiger partial charge in [-0.05, 0) is 18.6 Å². The first-order valence-electron chi connectivity index (χ1n) is 7.28. The quantitative estimate of drug-likeness (QED) is 0.772. The lowest BCUT2D eigenvalue weighted by atomic mass is 10.1. The van der Waals surface area contributed by atoms with Gasteiger partial charge in [0.05, 0.1) is 31.5 Å². The molecule has 0 aliphatic carbocycles. The van der Waals surface area contributed by atoms with E-state index >= 15 is 0 Å². The molecule has 1 aromatic rings. The smallest absolute Gasteiger partial charge is 0.239 e. The lowest BCUT2D eigenvalue weighted by Crippen LogP contribution is -2.52. The third-order valence-electron chi connectivity index (χ3n) is 3.32. The van der Waals surface area contributed by atoms with E-state index in [1.165, 1.54) is 6.92 Å². The summed E-state index contributed by atoms with van der Waals surface area (Å²) in [5.41, 5.74) is 0.830. The Morgan fingerprint density at radius 1 is 1.45 bits per heavy atom. The van der Waals surface area contributed by atoms with Crippen LogP contribution in [0.25, 0.3) is 0 Å². The summed E-state index contributed by atoms with van der Waals surface area (Å²) in [6, 6.07) is 5.50. The van der Waals surface area contributed by atoms with E-state index in [0.29, 0.717) is 26.2 Å². The lowest BCUT2D eigenvalue weighted by Gasteiger charge is -2.32. The molecule has 0 aromatic carbocycles. The summed E-state index contributed by atoms with van der Waals surface area (Å²) >= 11 is 0. The summed E-state index contributed by atoms with van der Waals surface area (Å²) in [6.07, 6.45) is 2.17. The van der Waals surface area contributed by atoms with Gasteiger partial charge in [-0.25, -0.2) is 0 Å². The third-order valence-corrected chi connectivity index (χ3v) is 3.32. The van der Waals surface area contributed by atoms with E-state index in [4.69, 9.17) is 9.47 Å². The van der Waals surface area contributed by atoms with Crippen LogP contribution >= 0.6 is 0 Å². The molecule has 0 unspecified atom stereocenters. The fraction of sp³-hybridized carbons (Fsp3) is 0.533. The van der Waals surface area contributed by atoms with E-state index in [1.54, 1.807) is 6.20 Å². The Bertz CT molecular complexity index is 495. The third kappa shape index (κ3) is 5.42. The van der Waals surface area contributed by atoms with Crippen molar-refractivity contribution in [1.29, 1.82) is 0 Å². The highest BCUT2D eigenvalue weighted by Gasteiger charge is 2.28. The minimum absolute atomic E-state index is 0.0281. The number of carbonyl (C=O) groups excluding carboxylic acids is 2. The van der Waals surface area contributed by atoms with Crippen LogP contribution in [0.3, 0.4) is 0 Å². The summed E-state index contributed by atoms with van der Waals surface area (Å²) < 4.78 is 11.2. The molecule has 2 N–H and O–H groups in total. The Labute approximate surface area is 129 Å². The molecule has 22 heavy (non-hydrogen) atoms. The van der Waals surface area contributed by atoms with Gasteiger partial charge in [0.1, 0.15) is 6.10 Å². The molecule has 1 saturated heterocycles. The summed E-state index contributed by atoms with van der Waals surface area (Å²) in [6.45, 7) is 2.72. The van der Waals surface area contributed by atoms with Crippen molar-refractivity contribution >= 4 is 11.8 Å². The topological polar surface area (TPSA) is 89.6 Å². The van der Waals surface area contributed by atoms with Crippen LogP contribution in [0.1, 0.15) is 19.0 Å². The molecule has 0 saturated carbocycles. The highest BCUT2D eigenvalue weighted by molar-refractivity contribution is 5.83. The standard InChI is InChI=1S/C15H21N3O4/c1-11(19)17-8-15(20)18-13-5-7-21-10-14(13)22-9-12-4-2-3-6-16-12/h2-4,6,13-14H,5,7-10H2,1H3,(H,17,19)(H,18,20)/t13-,14-/m1/s1. The van der Waals surface area contributed by atoms with E-state index in [0.717, 1.165) is 5.69 Å². The number of hydrogen-bond donors (Lipinski definition) is 2. The zero-order valence-electron chi connectivity index (χ0n) is 12.6. The summed E-state index contributed by atoms with van der Waals surface area (Å²) in [4.78, 5) is 26.8. The molecule has 2 heterocycles. The maximum Gasteiger partial charge on any atom is 0.239 e. The maximum absolute atomic E-state index is 11.8. The normalized spacial score (nSPS) is 21.1. The predicted molar refractivity (Wildman–Crippen MR) is 78.9 cm³/mol. The molecule has 0 bridgehead atoms. The van der Waals surface area contributed by atoms with Crippen molar-refractivity contribution in [2.24, 2.45) is 0 Å². The van der Waals surface area contributed by atoms with Crippen LogP contribution in [-0.2, 0) is 25.7 Å². The first-order chi connectivity index (χ1) is 10.6. The maximum atomic E-state index is 11.8. The second-order valence-electron chi connectivity index (χ2n) is 5.12. The largest absolute Gasteiger partial charge is 0.379 e. The number of ether oxygens (including phenoxy) is 2. The molecule has 7 nitrogen and oxygen atoms in total. The number of aromatic nitrogens is 1. The predicted octanol–water partition coefficient (Wildman–Crippen LogP) is 0.00800. The molecule has 2 amide bonds. The van der Waals surface area contributed by atoms with Crippen molar-refractivity contribution in [1.82, 2.24) is 15.6 Å². The summed E-state index contributed by atoms with van der Waals surface area (Å²) in [7, 11) is 0. The molecule has 2 rings (SSSR count). The van der Waals surface area contributed by atoms with E-state index in [1.807, 2.05) is 18.2 Å². The number of pyridine rings is 1. The Kier molecular flexibility index (Phi) is 6.29. The summed E-state index contributed by atoms with van der Waals surface area (Å²) in [5, 5.41) is 5.36. The molecule has 2 atom stereocenters. The van der Waals surface area contributed by atoms with Crippen LogP contribution in [0.5, 0.6) is 0 Å². The lowest BCUT2D eigenvalue weighted by molar-refractivity contribution is -0.128. The average Bonchev–Trinajstić information content (AvgIpc) is 2.53. The van der Waals surface area contributed by atoms with Gasteiger partial charge in [0.2, 0.25) is 11.8 Å². The molecular formula is C15H21N3O4. The highest BCUT2D eigenvalue weighted by atomic mass is 16.5. The number of nitrogens with zero attached hydrogens (tertiary/aromatic N) is 1. The Morgan fingerprint density at radius 3 is 3.05 bits per heavy atom. The minimum atomic E-state index is -0.231. The van der Waals surface area contributed by atoms with Crippen LogP contribution in [0.2, 0.25) is 0 Å². The number of nitrogens with one attached hydrogen (secondary N) is 2. The zero-order valence-corrected chi connectivity index (χ0v) is 12.6. The molecule has 1 fully saturated rings. The Balaban J connectivity index is 1.82. The highest BCUT2D eigenvalue weighted by Crippen LogP contribution is 2.13. The van der Waals surface area contributed by atoms with Gasteiger partial charge in [0.15, 0.2) is 0 Å². The monoisotopic (exact) mass is 307 g/mol. The zero-order chi connectivity index (χ0) is 15.8. The van der Waals surface area contributed by atoms with Crippen molar-refractivity contribution in [2.45, 2.75) is 32.1 Å². The number of amides is 2. The van der Waals surface area contributed by atoms with Crippen LogP contribution in [0, 0.1) is 0 Å². The van der Waals surface area contributed by atoms with Gasteiger partial charge in [-0.15, -0.1) is 0 Å². The van der Waals surface area contributed by atoms with Crippen molar-refractivity contribution in [3.05, 3.63) is 30.1 Å². The molecule has 0 radical (unpaired) electrons. The first-order valence-corrected chi connectivity index (χ1v) is 7.28. The van der Waals surface area contributed by atoms with Gasteiger partial charge < -0.3 is 20.1 Å². The number of rotatable bonds is 6. The first kappa shape index (κ1) is 16.4. The Hall–Kier alpha value is -1.99. The van der Waals surface area contributed by atoms with Gasteiger partial charge in [-0.2, -0.15) is 0 Å². The molecule has 120 valence electrons. The Morgan fingerprint density at radius 2 is 2.32 bits per heavy atom. The van der Waals surface area contributed by atoms with Crippen LogP contribution < -0.4 is 10.6 Å². The van der Waals surface area contributed by atoms with E-state index in [2.05, 4.69) is 15.6 Å². The van der Waals surface area contributed by atoms with Gasteiger partial charge >= 0.3 is 0 Å². The van der Waals surface area contributed by atoms with Crippen molar-refractivity contribution in [3.63, 3.8) is 0 Å². The second kappa shape index (κ2) is 8.45. The fourth-order valence-electron chi connectivity index (χ4n) is 2.18. The van der Waals surface area contributed by atoms with Crippen LogP contribution in [0.15, 0.2) is 24.4 Å². The van der Waals surface area contributed by atoms with E-state index < -0.39 is 0 Å². The molecule has 7 heteroatoms. The van der Waals surface area contributed by atoms with Gasteiger partial charge in [0.25, 0.3) is 0 Å². The average molecular weight is 307 g/mol. The second-order valence-corrected chi connectivity index (χ2v) is 5.12. The SMILES string of the molecule is CC(=O)NCC(=O)N[C@@H]1CCOC[C@H]1OCc1ccccn1. The molecule has 1 aromatic heterocycles. The summed E-state index contributed by atoms with van der Waals surface area (Å²) in [5.74, 6) is -0.460. The molecule has 1 aliphatic rings. The van der Waals surface area contributed by atoms with Crippen LogP contribution in [0.4, 0.5) is 0 Å². The van der Waals surface area contributed by atoms with E-state index in [9.17, 15) is 9.59 Å². The number of hydrogen-bond acceptors (Lipinski definition) is 5. The molecular weight excluding hydrogens is 286 g/mol.